The lowest BCUT2D eigenvalue weighted by Crippen LogP contribution is -2.30. The Balaban J connectivity index is 0.00000341. The van der Waals surface area contributed by atoms with Crippen molar-refractivity contribution in [1.82, 2.24) is 15.5 Å². The Kier molecular flexibility index (Phi) is 9.19. The zero-order chi connectivity index (χ0) is 21.5. The number of guanidine groups is 1. The first-order valence-electron chi connectivity index (χ1n) is 8.94. The van der Waals surface area contributed by atoms with Crippen molar-refractivity contribution in [3.63, 3.8) is 0 Å². The minimum atomic E-state index is 0. The molecule has 1 heterocycles. The van der Waals surface area contributed by atoms with Crippen LogP contribution in [0.15, 0.2) is 45.9 Å². The number of anilines is 1. The second-order valence-electron chi connectivity index (χ2n) is 5.99. The maximum Gasteiger partial charge on any atom is 0.246 e. The van der Waals surface area contributed by atoms with Gasteiger partial charge in [-0.3, -0.25) is 4.99 Å². The Hall–Kier alpha value is -2.73. The number of nitrogens with one attached hydrogen (secondary N) is 2. The van der Waals surface area contributed by atoms with E-state index in [0.717, 1.165) is 5.56 Å². The Morgan fingerprint density at radius 3 is 2.39 bits per heavy atom. The number of aromatic nitrogens is 2. The SMILES string of the molecule is CN=C(NCc1nc(-c2cccc(Cl)c2)no1)Nc1cc(OC)c(OC)c(OC)c1.I. The lowest BCUT2D eigenvalue weighted by atomic mass is 10.2. The summed E-state index contributed by atoms with van der Waals surface area (Å²) in [7, 11) is 6.32. The van der Waals surface area contributed by atoms with Gasteiger partial charge in [-0.25, -0.2) is 0 Å². The normalized spacial score (nSPS) is 10.8. The van der Waals surface area contributed by atoms with Gasteiger partial charge in [0.1, 0.15) is 0 Å². The molecular formula is C20H23ClIN5O4. The molecule has 0 radical (unpaired) electrons. The summed E-state index contributed by atoms with van der Waals surface area (Å²) in [4.78, 5) is 8.58. The van der Waals surface area contributed by atoms with Gasteiger partial charge in [-0.2, -0.15) is 4.98 Å². The molecule has 3 aromatic rings. The number of methoxy groups -OCH3 is 3. The molecule has 0 saturated carbocycles. The standard InChI is InChI=1S/C20H22ClN5O4.HI/c1-22-20(24-14-9-15(27-2)18(29-4)16(10-14)28-3)23-11-17-25-19(26-30-17)12-6-5-7-13(21)8-12;/h5-10H,11H2,1-4H3,(H2,22,23,24);1H. The van der Waals surface area contributed by atoms with Gasteiger partial charge in [0.05, 0.1) is 27.9 Å². The highest BCUT2D eigenvalue weighted by Crippen LogP contribution is 2.39. The van der Waals surface area contributed by atoms with E-state index in [-0.39, 0.29) is 30.5 Å². The van der Waals surface area contributed by atoms with Crippen LogP contribution in [0.2, 0.25) is 5.02 Å². The fourth-order valence-corrected chi connectivity index (χ4v) is 2.89. The first kappa shape index (κ1) is 24.5. The van der Waals surface area contributed by atoms with Crippen LogP contribution < -0.4 is 24.8 Å². The highest BCUT2D eigenvalue weighted by Gasteiger charge is 2.14. The average molecular weight is 560 g/mol. The van der Waals surface area contributed by atoms with Crippen LogP contribution in [0.1, 0.15) is 5.89 Å². The van der Waals surface area contributed by atoms with Crippen LogP contribution in [0.25, 0.3) is 11.4 Å². The van der Waals surface area contributed by atoms with E-state index < -0.39 is 0 Å². The number of rotatable bonds is 7. The van der Waals surface area contributed by atoms with Crippen LogP contribution in [0.4, 0.5) is 5.69 Å². The minimum Gasteiger partial charge on any atom is -0.493 e. The summed E-state index contributed by atoms with van der Waals surface area (Å²) >= 11 is 6.01. The number of hydrogen-bond donors (Lipinski definition) is 2. The van der Waals surface area contributed by atoms with Crippen LogP contribution in [-0.4, -0.2) is 44.5 Å². The maximum atomic E-state index is 6.01. The summed E-state index contributed by atoms with van der Waals surface area (Å²) < 4.78 is 21.4. The topological polar surface area (TPSA) is 103 Å². The van der Waals surface area contributed by atoms with E-state index in [1.165, 1.54) is 0 Å². The summed E-state index contributed by atoms with van der Waals surface area (Å²) in [5.74, 6) is 2.91. The summed E-state index contributed by atoms with van der Waals surface area (Å²) in [5.41, 5.74) is 1.47. The number of halogens is 2. The second kappa shape index (κ2) is 11.6. The average Bonchev–Trinajstić information content (AvgIpc) is 3.24. The molecule has 0 aliphatic rings. The van der Waals surface area contributed by atoms with Crippen LogP contribution in [0.3, 0.4) is 0 Å². The van der Waals surface area contributed by atoms with Gasteiger partial charge in [0, 0.05) is 35.5 Å². The zero-order valence-electron chi connectivity index (χ0n) is 17.4. The Morgan fingerprint density at radius 1 is 1.10 bits per heavy atom. The van der Waals surface area contributed by atoms with Gasteiger partial charge in [-0.1, -0.05) is 28.9 Å². The molecule has 3 rings (SSSR count). The van der Waals surface area contributed by atoms with E-state index in [1.54, 1.807) is 52.6 Å². The molecule has 166 valence electrons. The zero-order valence-corrected chi connectivity index (χ0v) is 20.5. The third-order valence-corrected chi connectivity index (χ3v) is 4.34. The Labute approximate surface area is 202 Å². The maximum absolute atomic E-state index is 6.01. The molecule has 0 fully saturated rings. The molecule has 0 bridgehead atoms. The van der Waals surface area contributed by atoms with Crippen molar-refractivity contribution in [2.75, 3.05) is 33.7 Å². The summed E-state index contributed by atoms with van der Waals surface area (Å²) in [6, 6.07) is 10.8. The molecule has 0 spiro atoms. The van der Waals surface area contributed by atoms with E-state index >= 15 is 0 Å². The molecule has 11 heteroatoms. The Morgan fingerprint density at radius 2 is 1.81 bits per heavy atom. The van der Waals surface area contributed by atoms with Gasteiger partial charge in [0.2, 0.25) is 17.5 Å². The number of aliphatic imine (C=N–C) groups is 1. The molecule has 0 unspecified atom stereocenters. The third kappa shape index (κ3) is 6.14. The van der Waals surface area contributed by atoms with Gasteiger partial charge in [0.15, 0.2) is 17.5 Å². The monoisotopic (exact) mass is 559 g/mol. The van der Waals surface area contributed by atoms with E-state index in [4.69, 9.17) is 30.3 Å². The molecule has 0 atom stereocenters. The van der Waals surface area contributed by atoms with Crippen molar-refractivity contribution in [2.24, 2.45) is 4.99 Å². The molecule has 0 amide bonds. The van der Waals surface area contributed by atoms with Gasteiger partial charge >= 0.3 is 0 Å². The minimum absolute atomic E-state index is 0. The van der Waals surface area contributed by atoms with Crippen LogP contribution in [0, 0.1) is 0 Å². The largest absolute Gasteiger partial charge is 0.493 e. The summed E-state index contributed by atoms with van der Waals surface area (Å²) in [6.07, 6.45) is 0. The van der Waals surface area contributed by atoms with Crippen LogP contribution >= 0.6 is 35.6 Å². The molecule has 1 aromatic heterocycles. The third-order valence-electron chi connectivity index (χ3n) is 4.11. The van der Waals surface area contributed by atoms with E-state index in [2.05, 4.69) is 25.8 Å². The predicted molar refractivity (Wildman–Crippen MR) is 130 cm³/mol. The molecule has 31 heavy (non-hydrogen) atoms. The van der Waals surface area contributed by atoms with Crippen molar-refractivity contribution in [3.05, 3.63) is 47.3 Å². The fourth-order valence-electron chi connectivity index (χ4n) is 2.70. The quantitative estimate of drug-likeness (QED) is 0.252. The van der Waals surface area contributed by atoms with Crippen molar-refractivity contribution >= 4 is 47.2 Å². The van der Waals surface area contributed by atoms with E-state index in [1.807, 2.05) is 12.1 Å². The van der Waals surface area contributed by atoms with Crippen LogP contribution in [0.5, 0.6) is 17.2 Å². The molecule has 0 saturated heterocycles. The first-order valence-corrected chi connectivity index (χ1v) is 9.32. The van der Waals surface area contributed by atoms with Crippen molar-refractivity contribution in [3.8, 4) is 28.6 Å². The summed E-state index contributed by atoms with van der Waals surface area (Å²) in [6.45, 7) is 0.275. The molecule has 0 aliphatic heterocycles. The van der Waals surface area contributed by atoms with E-state index in [0.29, 0.717) is 45.6 Å². The van der Waals surface area contributed by atoms with E-state index in [9.17, 15) is 0 Å². The summed E-state index contributed by atoms with van der Waals surface area (Å²) in [5, 5.41) is 10.9. The smallest absolute Gasteiger partial charge is 0.246 e. The molecular weight excluding hydrogens is 537 g/mol. The van der Waals surface area contributed by atoms with Crippen molar-refractivity contribution in [1.29, 1.82) is 0 Å². The number of hydrogen-bond acceptors (Lipinski definition) is 7. The molecule has 2 aromatic carbocycles. The van der Waals surface area contributed by atoms with Crippen LogP contribution in [-0.2, 0) is 6.54 Å². The van der Waals surface area contributed by atoms with Gasteiger partial charge in [-0.15, -0.1) is 24.0 Å². The van der Waals surface area contributed by atoms with Crippen molar-refractivity contribution < 1.29 is 18.7 Å². The highest BCUT2D eigenvalue weighted by atomic mass is 127. The Bertz CT molecular complexity index is 1020. The molecule has 2 N–H and O–H groups in total. The molecule has 0 aliphatic carbocycles. The predicted octanol–water partition coefficient (Wildman–Crippen LogP) is 4.22. The number of nitrogens with zero attached hydrogens (tertiary/aromatic N) is 3. The fraction of sp³-hybridized carbons (Fsp3) is 0.250. The first-order chi connectivity index (χ1) is 14.6. The van der Waals surface area contributed by atoms with Gasteiger partial charge < -0.3 is 29.4 Å². The number of benzene rings is 2. The second-order valence-corrected chi connectivity index (χ2v) is 6.42. The molecule has 9 nitrogen and oxygen atoms in total. The lowest BCUT2D eigenvalue weighted by Gasteiger charge is -2.16. The highest BCUT2D eigenvalue weighted by molar-refractivity contribution is 14.0. The number of ether oxygens (including phenoxy) is 3. The van der Waals surface area contributed by atoms with Crippen molar-refractivity contribution in [2.45, 2.75) is 6.54 Å². The lowest BCUT2D eigenvalue weighted by molar-refractivity contribution is 0.324. The van der Waals surface area contributed by atoms with Gasteiger partial charge in [-0.05, 0) is 12.1 Å². The van der Waals surface area contributed by atoms with Gasteiger partial charge in [0.25, 0.3) is 0 Å².